The van der Waals surface area contributed by atoms with E-state index in [1.165, 1.54) is 23.0 Å². The zero-order valence-electron chi connectivity index (χ0n) is 13.5. The third-order valence-corrected chi connectivity index (χ3v) is 4.02. The molecule has 0 saturated heterocycles. The summed E-state index contributed by atoms with van der Waals surface area (Å²) in [6, 6.07) is 10.8. The summed E-state index contributed by atoms with van der Waals surface area (Å²) in [6.45, 7) is 0. The van der Waals surface area contributed by atoms with E-state index in [0.29, 0.717) is 27.3 Å². The number of aliphatic imine (C=N–C) groups is 1. The Morgan fingerprint density at radius 2 is 1.88 bits per heavy atom. The highest BCUT2D eigenvalue weighted by Crippen LogP contribution is 2.18. The van der Waals surface area contributed by atoms with Crippen LogP contribution in [0.25, 0.3) is 22.2 Å². The molecule has 2 aromatic heterocycles. The number of fused-ring (bicyclic) bond motifs is 2. The van der Waals surface area contributed by atoms with E-state index in [2.05, 4.69) is 20.1 Å². The molecule has 0 fully saturated rings. The fourth-order valence-corrected chi connectivity index (χ4v) is 2.67. The first-order valence-corrected chi connectivity index (χ1v) is 8.03. The average Bonchev–Trinajstić information content (AvgIpc) is 2.63. The maximum absolute atomic E-state index is 13.0. The molecule has 0 N–H and O–H groups in total. The van der Waals surface area contributed by atoms with Crippen molar-refractivity contribution in [3.63, 3.8) is 0 Å². The molecule has 2 heterocycles. The van der Waals surface area contributed by atoms with Gasteiger partial charge in [-0.05, 0) is 35.9 Å². The molecule has 4 aromatic rings. The predicted molar refractivity (Wildman–Crippen MR) is 98.7 cm³/mol. The second kappa shape index (κ2) is 6.27. The molecule has 0 radical (unpaired) electrons. The van der Waals surface area contributed by atoms with Gasteiger partial charge >= 0.3 is 0 Å². The average molecular weight is 368 g/mol. The molecular weight excluding hydrogens is 357 g/mol. The quantitative estimate of drug-likeness (QED) is 0.402. The minimum atomic E-state index is -0.439. The normalized spacial score (nSPS) is 11.7. The molecule has 4 rings (SSSR count). The Kier molecular flexibility index (Phi) is 3.93. The van der Waals surface area contributed by atoms with Crippen LogP contribution < -0.4 is 5.43 Å². The molecule has 0 bridgehead atoms. The number of hydrogen-bond donors (Lipinski definition) is 0. The number of halogens is 2. The summed E-state index contributed by atoms with van der Waals surface area (Å²) >= 11 is 5.99. The van der Waals surface area contributed by atoms with Crippen LogP contribution in [-0.2, 0) is 7.05 Å². The van der Waals surface area contributed by atoms with Gasteiger partial charge in [0.25, 0.3) is 5.43 Å². The van der Waals surface area contributed by atoms with E-state index in [1.54, 1.807) is 37.4 Å². The summed E-state index contributed by atoms with van der Waals surface area (Å²) in [6.07, 6.45) is 1.44. The lowest BCUT2D eigenvalue weighted by atomic mass is 10.2. The van der Waals surface area contributed by atoms with Gasteiger partial charge in [-0.15, -0.1) is 5.10 Å². The van der Waals surface area contributed by atoms with Gasteiger partial charge in [-0.1, -0.05) is 23.7 Å². The lowest BCUT2D eigenvalue weighted by Gasteiger charge is -2.06. The van der Waals surface area contributed by atoms with Gasteiger partial charge in [-0.3, -0.25) is 4.79 Å². The van der Waals surface area contributed by atoms with Crippen molar-refractivity contribution in [2.75, 3.05) is 0 Å². The minimum Gasteiger partial charge on any atom is -0.283 e. The van der Waals surface area contributed by atoms with E-state index >= 15 is 0 Å². The smallest absolute Gasteiger partial charge is 0.254 e. The summed E-state index contributed by atoms with van der Waals surface area (Å²) in [5, 5.41) is 4.67. The minimum absolute atomic E-state index is 0.0278. The van der Waals surface area contributed by atoms with Crippen molar-refractivity contribution in [1.82, 2.24) is 19.7 Å². The van der Waals surface area contributed by atoms with Crippen molar-refractivity contribution in [2.45, 2.75) is 0 Å². The number of hydrogen-bond acceptors (Lipinski definition) is 5. The van der Waals surface area contributed by atoms with Crippen LogP contribution in [0.4, 0.5) is 10.2 Å². The molecule has 2 aromatic carbocycles. The molecule has 0 amide bonds. The summed E-state index contributed by atoms with van der Waals surface area (Å²) in [5.74, 6) is -0.372. The van der Waals surface area contributed by atoms with Gasteiger partial charge in [0.2, 0.25) is 5.82 Å². The van der Waals surface area contributed by atoms with Crippen molar-refractivity contribution < 1.29 is 4.39 Å². The van der Waals surface area contributed by atoms with Crippen LogP contribution in [0.5, 0.6) is 0 Å². The maximum Gasteiger partial charge on any atom is 0.254 e. The molecule has 8 heteroatoms. The standard InChI is InChI=1S/C18H11ClFN5O/c1-25-18-15(22-14-8-11(19)4-7-13(14)23-18)16(26)17(24-25)21-9-10-2-5-12(20)6-3-10/h2-9H,1H3. The largest absolute Gasteiger partial charge is 0.283 e. The third-order valence-electron chi connectivity index (χ3n) is 3.78. The van der Waals surface area contributed by atoms with Crippen molar-refractivity contribution in [1.29, 1.82) is 0 Å². The highest BCUT2D eigenvalue weighted by molar-refractivity contribution is 6.31. The van der Waals surface area contributed by atoms with Crippen LogP contribution in [0, 0.1) is 5.82 Å². The molecule has 128 valence electrons. The molecule has 0 spiro atoms. The molecule has 0 aliphatic heterocycles. The summed E-state index contributed by atoms with van der Waals surface area (Å²) in [4.78, 5) is 25.6. The summed E-state index contributed by atoms with van der Waals surface area (Å²) < 4.78 is 14.4. The van der Waals surface area contributed by atoms with Gasteiger partial charge < -0.3 is 0 Å². The Bertz CT molecular complexity index is 1230. The fraction of sp³-hybridized carbons (Fsp3) is 0.0556. The third kappa shape index (κ3) is 2.93. The maximum atomic E-state index is 13.0. The van der Waals surface area contributed by atoms with Crippen molar-refractivity contribution in [3.8, 4) is 0 Å². The van der Waals surface area contributed by atoms with Crippen LogP contribution in [0.2, 0.25) is 5.02 Å². The van der Waals surface area contributed by atoms with E-state index in [-0.39, 0.29) is 17.2 Å². The van der Waals surface area contributed by atoms with E-state index in [9.17, 15) is 9.18 Å². The van der Waals surface area contributed by atoms with E-state index in [4.69, 9.17) is 11.6 Å². The number of nitrogens with zero attached hydrogens (tertiary/aromatic N) is 5. The summed E-state index contributed by atoms with van der Waals surface area (Å²) in [5.41, 5.74) is 1.84. The van der Waals surface area contributed by atoms with Gasteiger partial charge in [0, 0.05) is 18.3 Å². The van der Waals surface area contributed by atoms with Crippen LogP contribution in [0.1, 0.15) is 5.56 Å². The summed E-state index contributed by atoms with van der Waals surface area (Å²) in [7, 11) is 1.66. The van der Waals surface area contributed by atoms with Gasteiger partial charge in [-0.2, -0.15) is 0 Å². The zero-order valence-corrected chi connectivity index (χ0v) is 14.3. The molecule has 0 unspecified atom stereocenters. The Hall–Kier alpha value is -3.19. The van der Waals surface area contributed by atoms with Gasteiger partial charge in [0.1, 0.15) is 5.82 Å². The second-order valence-electron chi connectivity index (χ2n) is 5.61. The van der Waals surface area contributed by atoms with Crippen molar-refractivity contribution in [2.24, 2.45) is 12.0 Å². The molecule has 0 aliphatic rings. The van der Waals surface area contributed by atoms with Crippen molar-refractivity contribution >= 4 is 45.8 Å². The number of aromatic nitrogens is 4. The van der Waals surface area contributed by atoms with Crippen LogP contribution >= 0.6 is 11.6 Å². The van der Waals surface area contributed by atoms with Crippen LogP contribution in [0.15, 0.2) is 52.3 Å². The molecule has 0 atom stereocenters. The van der Waals surface area contributed by atoms with Gasteiger partial charge in [0.15, 0.2) is 11.2 Å². The SMILES string of the molecule is Cn1nc(N=Cc2ccc(F)cc2)c(=O)c2nc3cc(Cl)ccc3nc21. The first-order valence-electron chi connectivity index (χ1n) is 7.65. The second-order valence-corrected chi connectivity index (χ2v) is 6.05. The van der Waals surface area contributed by atoms with Crippen molar-refractivity contribution in [3.05, 3.63) is 69.1 Å². The lowest BCUT2D eigenvalue weighted by molar-refractivity contribution is 0.628. The fourth-order valence-electron chi connectivity index (χ4n) is 2.51. The van der Waals surface area contributed by atoms with Crippen LogP contribution in [0.3, 0.4) is 0 Å². The Balaban J connectivity index is 1.88. The molecule has 6 nitrogen and oxygen atoms in total. The first kappa shape index (κ1) is 16.3. The van der Waals surface area contributed by atoms with Gasteiger partial charge in [0.05, 0.1) is 11.0 Å². The Labute approximate surface area is 151 Å². The van der Waals surface area contributed by atoms with Crippen LogP contribution in [-0.4, -0.2) is 26.0 Å². The number of benzene rings is 2. The number of aryl methyl sites for hydroxylation is 1. The molecular formula is C18H11ClFN5O. The van der Waals surface area contributed by atoms with E-state index in [0.717, 1.165) is 0 Å². The molecule has 0 aliphatic carbocycles. The molecule has 26 heavy (non-hydrogen) atoms. The molecule has 0 saturated carbocycles. The van der Waals surface area contributed by atoms with Gasteiger partial charge in [-0.25, -0.2) is 24.0 Å². The highest BCUT2D eigenvalue weighted by Gasteiger charge is 2.12. The zero-order chi connectivity index (χ0) is 18.3. The topological polar surface area (TPSA) is 73.0 Å². The Morgan fingerprint density at radius 3 is 2.65 bits per heavy atom. The first-order chi connectivity index (χ1) is 12.5. The predicted octanol–water partition coefficient (Wildman–Crippen LogP) is 3.42. The monoisotopic (exact) mass is 367 g/mol. The Morgan fingerprint density at radius 1 is 1.12 bits per heavy atom. The van der Waals surface area contributed by atoms with E-state index < -0.39 is 5.43 Å². The lowest BCUT2D eigenvalue weighted by Crippen LogP contribution is -2.14. The number of rotatable bonds is 2. The highest BCUT2D eigenvalue weighted by atomic mass is 35.5. The van der Waals surface area contributed by atoms with E-state index in [1.807, 2.05) is 0 Å².